The van der Waals surface area contributed by atoms with Crippen LogP contribution in [-0.4, -0.2) is 79.2 Å². The highest BCUT2D eigenvalue weighted by Crippen LogP contribution is 2.31. The number of carbonyl (C=O) groups is 1. The minimum atomic E-state index is 0.0782. The largest absolute Gasteiger partial charge is 0.366 e. The third kappa shape index (κ3) is 4.66. The number of nitrogens with zero attached hydrogens (tertiary/aromatic N) is 7. The van der Waals surface area contributed by atoms with Gasteiger partial charge in [0.25, 0.3) is 0 Å². The van der Waals surface area contributed by atoms with Crippen molar-refractivity contribution in [2.75, 3.05) is 43.4 Å². The van der Waals surface area contributed by atoms with Gasteiger partial charge < -0.3 is 20.1 Å². The van der Waals surface area contributed by atoms with Crippen molar-refractivity contribution >= 4 is 39.3 Å². The minimum Gasteiger partial charge on any atom is -0.366 e. The molecule has 7 rings (SSSR count). The third-order valence-electron chi connectivity index (χ3n) is 8.13. The molecule has 6 heterocycles. The number of nitrogens with one attached hydrogen (secondary N) is 3. The molecule has 1 saturated heterocycles. The number of aromatic nitrogens is 7. The quantitative estimate of drug-likeness (QED) is 0.304. The summed E-state index contributed by atoms with van der Waals surface area (Å²) in [5, 5.41) is 10.7. The summed E-state index contributed by atoms with van der Waals surface area (Å²) in [5.41, 5.74) is 7.19. The van der Waals surface area contributed by atoms with Gasteiger partial charge in [0, 0.05) is 43.9 Å². The minimum absolute atomic E-state index is 0.0782. The topological polar surface area (TPSA) is 132 Å². The van der Waals surface area contributed by atoms with Gasteiger partial charge in [0.2, 0.25) is 5.91 Å². The van der Waals surface area contributed by atoms with Gasteiger partial charge in [-0.15, -0.1) is 0 Å². The molecule has 0 bridgehead atoms. The highest BCUT2D eigenvalue weighted by molar-refractivity contribution is 5.95. The summed E-state index contributed by atoms with van der Waals surface area (Å²) >= 11 is 0. The number of imidazole rings is 1. The van der Waals surface area contributed by atoms with Crippen molar-refractivity contribution in [3.8, 4) is 22.8 Å². The van der Waals surface area contributed by atoms with Gasteiger partial charge in [-0.1, -0.05) is 19.3 Å². The smallest absolute Gasteiger partial charge is 0.227 e. The van der Waals surface area contributed by atoms with Crippen LogP contribution in [0.25, 0.3) is 44.8 Å². The van der Waals surface area contributed by atoms with Gasteiger partial charge in [0.15, 0.2) is 11.5 Å². The Morgan fingerprint density at radius 3 is 2.60 bits per heavy atom. The Morgan fingerprint density at radius 2 is 1.75 bits per heavy atom. The van der Waals surface area contributed by atoms with E-state index in [9.17, 15) is 4.79 Å². The van der Waals surface area contributed by atoms with Crippen molar-refractivity contribution < 1.29 is 4.79 Å². The third-order valence-corrected chi connectivity index (χ3v) is 8.13. The summed E-state index contributed by atoms with van der Waals surface area (Å²) < 4.78 is 0. The van der Waals surface area contributed by atoms with Crippen LogP contribution in [0, 0.1) is 5.92 Å². The van der Waals surface area contributed by atoms with Crippen LogP contribution in [0.1, 0.15) is 32.1 Å². The van der Waals surface area contributed by atoms with Crippen LogP contribution in [0.15, 0.2) is 43.0 Å². The van der Waals surface area contributed by atoms with Crippen molar-refractivity contribution in [2.45, 2.75) is 32.1 Å². The van der Waals surface area contributed by atoms with E-state index in [1.54, 1.807) is 18.6 Å². The number of likely N-dealkylation sites (N-methyl/N-ethyl adjacent to an activating group) is 1. The molecule has 1 aliphatic carbocycles. The second-order valence-corrected chi connectivity index (χ2v) is 10.9. The second kappa shape index (κ2) is 10.3. The van der Waals surface area contributed by atoms with Crippen LogP contribution < -0.4 is 10.2 Å². The first-order valence-corrected chi connectivity index (χ1v) is 14.0. The lowest BCUT2D eigenvalue weighted by Crippen LogP contribution is -2.44. The van der Waals surface area contributed by atoms with Crippen molar-refractivity contribution in [1.29, 1.82) is 0 Å². The molecule has 5 aromatic rings. The summed E-state index contributed by atoms with van der Waals surface area (Å²) in [7, 11) is 2.15. The van der Waals surface area contributed by atoms with E-state index in [0.717, 1.165) is 85.4 Å². The molecule has 1 amide bonds. The first kappa shape index (κ1) is 24.6. The molecule has 1 saturated carbocycles. The molecule has 0 unspecified atom stereocenters. The fraction of sp³-hybridized carbons (Fsp3) is 0.379. The standard InChI is InChI=1S/C29H32N10O/c1-38-9-11-39(12-10-38)24-17-31-16-23-25(24)35-28(34-23)27-26-22(36-37-27)8-7-21(33-26)19-13-20(15-30-14-19)32-29(40)18-5-3-2-4-6-18/h7-8,13-18H,2-6,9-12H2,1H3,(H,32,40)(H,34,35)(H,36,37). The predicted molar refractivity (Wildman–Crippen MR) is 155 cm³/mol. The number of H-pyrrole nitrogens is 2. The lowest BCUT2D eigenvalue weighted by atomic mass is 9.88. The number of rotatable bonds is 5. The lowest BCUT2D eigenvalue weighted by Gasteiger charge is -2.33. The van der Waals surface area contributed by atoms with Crippen LogP contribution in [0.4, 0.5) is 11.4 Å². The molecule has 3 N–H and O–H groups in total. The maximum Gasteiger partial charge on any atom is 0.227 e. The zero-order valence-electron chi connectivity index (χ0n) is 22.5. The Morgan fingerprint density at radius 1 is 0.925 bits per heavy atom. The number of carbonyl (C=O) groups excluding carboxylic acids is 1. The summed E-state index contributed by atoms with van der Waals surface area (Å²) in [6, 6.07) is 5.82. The molecule has 2 aliphatic rings. The highest BCUT2D eigenvalue weighted by Gasteiger charge is 2.23. The Labute approximate surface area is 231 Å². The normalized spacial score (nSPS) is 17.1. The van der Waals surface area contributed by atoms with Gasteiger partial charge >= 0.3 is 0 Å². The zero-order valence-corrected chi connectivity index (χ0v) is 22.5. The van der Waals surface area contributed by atoms with Crippen LogP contribution in [-0.2, 0) is 4.79 Å². The number of hydrogen-bond donors (Lipinski definition) is 3. The molecule has 2 fully saturated rings. The fourth-order valence-corrected chi connectivity index (χ4v) is 5.79. The Bertz CT molecular complexity index is 1680. The Kier molecular flexibility index (Phi) is 6.35. The van der Waals surface area contributed by atoms with E-state index in [1.807, 2.05) is 24.4 Å². The van der Waals surface area contributed by atoms with E-state index in [4.69, 9.17) is 9.97 Å². The maximum atomic E-state index is 12.8. The molecule has 11 heteroatoms. The number of aromatic amines is 2. The van der Waals surface area contributed by atoms with E-state index >= 15 is 0 Å². The van der Waals surface area contributed by atoms with Crippen molar-refractivity contribution in [3.05, 3.63) is 43.0 Å². The zero-order chi connectivity index (χ0) is 27.1. The van der Waals surface area contributed by atoms with Gasteiger partial charge in [-0.25, -0.2) is 9.97 Å². The van der Waals surface area contributed by atoms with Crippen LogP contribution in [0.5, 0.6) is 0 Å². The molecule has 40 heavy (non-hydrogen) atoms. The van der Waals surface area contributed by atoms with Gasteiger partial charge in [-0.3, -0.25) is 19.9 Å². The van der Waals surface area contributed by atoms with E-state index in [2.05, 4.69) is 47.3 Å². The Balaban J connectivity index is 1.19. The van der Waals surface area contributed by atoms with Crippen LogP contribution in [0.2, 0.25) is 0 Å². The van der Waals surface area contributed by atoms with E-state index < -0.39 is 0 Å². The molecule has 1 aliphatic heterocycles. The molecule has 0 aromatic carbocycles. The summed E-state index contributed by atoms with van der Waals surface area (Å²) in [4.78, 5) is 39.6. The Hall–Kier alpha value is -4.38. The molecule has 5 aromatic heterocycles. The number of fused-ring (bicyclic) bond motifs is 2. The molecular formula is C29H32N10O. The van der Waals surface area contributed by atoms with Crippen LogP contribution in [0.3, 0.4) is 0 Å². The number of amides is 1. The van der Waals surface area contributed by atoms with E-state index in [0.29, 0.717) is 22.7 Å². The van der Waals surface area contributed by atoms with E-state index in [-0.39, 0.29) is 11.8 Å². The summed E-state index contributed by atoms with van der Waals surface area (Å²) in [5.74, 6) is 0.798. The molecule has 204 valence electrons. The number of pyridine rings is 3. The molecule has 0 atom stereocenters. The first-order valence-electron chi connectivity index (χ1n) is 14.0. The van der Waals surface area contributed by atoms with Gasteiger partial charge in [-0.05, 0) is 38.1 Å². The summed E-state index contributed by atoms with van der Waals surface area (Å²) in [6.45, 7) is 3.88. The number of piperazine rings is 1. The molecule has 0 radical (unpaired) electrons. The highest BCUT2D eigenvalue weighted by atomic mass is 16.1. The van der Waals surface area contributed by atoms with Crippen molar-refractivity contribution in [3.63, 3.8) is 0 Å². The first-order chi connectivity index (χ1) is 19.6. The average Bonchev–Trinajstić information content (AvgIpc) is 3.62. The van der Waals surface area contributed by atoms with Gasteiger partial charge in [0.1, 0.15) is 11.0 Å². The lowest BCUT2D eigenvalue weighted by molar-refractivity contribution is -0.120. The number of anilines is 2. The van der Waals surface area contributed by atoms with Crippen LogP contribution >= 0.6 is 0 Å². The second-order valence-electron chi connectivity index (χ2n) is 10.9. The molecule has 11 nitrogen and oxygen atoms in total. The summed E-state index contributed by atoms with van der Waals surface area (Å²) in [6.07, 6.45) is 12.5. The van der Waals surface area contributed by atoms with E-state index in [1.165, 1.54) is 6.42 Å². The maximum absolute atomic E-state index is 12.8. The van der Waals surface area contributed by atoms with Gasteiger partial charge in [0.05, 0.1) is 46.7 Å². The monoisotopic (exact) mass is 536 g/mol. The molecular weight excluding hydrogens is 504 g/mol. The fourth-order valence-electron chi connectivity index (χ4n) is 5.79. The number of hydrogen-bond acceptors (Lipinski definition) is 8. The molecule has 0 spiro atoms. The van der Waals surface area contributed by atoms with Crippen molar-refractivity contribution in [2.24, 2.45) is 5.92 Å². The SMILES string of the molecule is CN1CCN(c2cncc3[nH]c(-c4n[nH]c5ccc(-c6cncc(NC(=O)C7CCCCC7)c6)nc45)nc23)CC1. The van der Waals surface area contributed by atoms with Crippen molar-refractivity contribution in [1.82, 2.24) is 40.0 Å². The average molecular weight is 537 g/mol. The van der Waals surface area contributed by atoms with Gasteiger partial charge in [-0.2, -0.15) is 5.10 Å². The predicted octanol–water partition coefficient (Wildman–Crippen LogP) is 4.23.